The van der Waals surface area contributed by atoms with Gasteiger partial charge in [-0.3, -0.25) is 4.79 Å². The monoisotopic (exact) mass is 636 g/mol. The molecule has 266 valence electrons. The third kappa shape index (κ3) is 31.2. The third-order valence-electron chi connectivity index (χ3n) is 9.04. The number of aliphatic hydroxyl groups is 3. The number of hydrogen-bond donors (Lipinski definition) is 4. The summed E-state index contributed by atoms with van der Waals surface area (Å²) < 4.78 is 0. The van der Waals surface area contributed by atoms with Gasteiger partial charge in [0.2, 0.25) is 5.91 Å². The van der Waals surface area contributed by atoms with E-state index in [1.54, 1.807) is 0 Å². The largest absolute Gasteiger partial charge is 0.394 e. The summed E-state index contributed by atoms with van der Waals surface area (Å²) in [6.07, 6.45) is 41.3. The first-order chi connectivity index (χ1) is 22.1. The molecule has 0 saturated carbocycles. The summed E-state index contributed by atoms with van der Waals surface area (Å²) in [6, 6.07) is -0.827. The number of carbonyl (C=O) groups excluding carboxylic acids is 1. The molecule has 0 saturated heterocycles. The molecule has 0 radical (unpaired) electrons. The molecular formula is C40H77NO4. The highest BCUT2D eigenvalue weighted by molar-refractivity contribution is 5.76. The lowest BCUT2D eigenvalue weighted by molar-refractivity contribution is -0.124. The highest BCUT2D eigenvalue weighted by atomic mass is 16.3. The molecule has 3 atom stereocenters. The minimum atomic E-state index is -1.16. The van der Waals surface area contributed by atoms with Crippen LogP contribution in [0.1, 0.15) is 200 Å². The minimum absolute atomic E-state index is 0.158. The molecule has 0 rings (SSSR count). The van der Waals surface area contributed by atoms with Gasteiger partial charge in [0.05, 0.1) is 18.8 Å². The fourth-order valence-electron chi connectivity index (χ4n) is 5.94. The number of amides is 1. The molecule has 0 aromatic carbocycles. The van der Waals surface area contributed by atoms with E-state index in [-0.39, 0.29) is 12.5 Å². The first-order valence-corrected chi connectivity index (χ1v) is 19.6. The predicted molar refractivity (Wildman–Crippen MR) is 195 cm³/mol. The van der Waals surface area contributed by atoms with E-state index in [1.807, 2.05) is 0 Å². The Hall–Kier alpha value is -1.17. The van der Waals surface area contributed by atoms with Crippen LogP contribution in [0.3, 0.4) is 0 Å². The molecule has 0 aromatic rings. The van der Waals surface area contributed by atoms with Gasteiger partial charge < -0.3 is 20.6 Å². The second-order valence-corrected chi connectivity index (χ2v) is 13.5. The maximum atomic E-state index is 12.4. The van der Waals surface area contributed by atoms with Crippen molar-refractivity contribution >= 4 is 5.91 Å². The van der Waals surface area contributed by atoms with Crippen molar-refractivity contribution < 1.29 is 20.1 Å². The second kappa shape index (κ2) is 35.7. The Kier molecular flexibility index (Phi) is 34.8. The van der Waals surface area contributed by atoms with Gasteiger partial charge in [-0.05, 0) is 51.4 Å². The molecule has 0 heterocycles. The Labute approximate surface area is 280 Å². The lowest BCUT2D eigenvalue weighted by atomic mass is 10.0. The van der Waals surface area contributed by atoms with E-state index in [1.165, 1.54) is 128 Å². The topological polar surface area (TPSA) is 89.8 Å². The Balaban J connectivity index is 3.72. The zero-order chi connectivity index (χ0) is 33.1. The van der Waals surface area contributed by atoms with Crippen LogP contribution in [-0.2, 0) is 4.79 Å². The number of carbonyl (C=O) groups is 1. The average molecular weight is 636 g/mol. The van der Waals surface area contributed by atoms with E-state index >= 15 is 0 Å². The molecule has 5 nitrogen and oxygen atoms in total. The molecule has 0 fully saturated rings. The van der Waals surface area contributed by atoms with Crippen molar-refractivity contribution in [3.8, 4) is 0 Å². The molecule has 4 N–H and O–H groups in total. The van der Waals surface area contributed by atoms with Gasteiger partial charge >= 0.3 is 0 Å². The highest BCUT2D eigenvalue weighted by Crippen LogP contribution is 2.15. The number of hydrogen-bond acceptors (Lipinski definition) is 4. The first kappa shape index (κ1) is 43.8. The number of nitrogens with one attached hydrogen (secondary N) is 1. The van der Waals surface area contributed by atoms with Crippen molar-refractivity contribution in [2.45, 2.75) is 218 Å². The smallest absolute Gasteiger partial charge is 0.220 e. The zero-order valence-electron chi connectivity index (χ0n) is 30.0. The van der Waals surface area contributed by atoms with E-state index in [0.717, 1.165) is 44.9 Å². The molecular weight excluding hydrogens is 558 g/mol. The van der Waals surface area contributed by atoms with Crippen LogP contribution in [-0.4, -0.2) is 46.1 Å². The van der Waals surface area contributed by atoms with Crippen LogP contribution in [0.2, 0.25) is 0 Å². The standard InChI is InChI=1S/C40H77NO4/c1-3-5-7-9-11-13-15-17-19-21-23-25-27-29-31-33-35-39(44)41-37(36-42)40(45)38(43)34-32-30-28-26-24-22-20-18-16-14-12-10-8-6-4-2/h18,20,26,28,37-38,40,42-43,45H,3-17,19,21-25,27,29-36H2,1-2H3,(H,41,44)/b20-18+,28-26+. The Bertz CT molecular complexity index is 665. The lowest BCUT2D eigenvalue weighted by Gasteiger charge is -2.26. The molecule has 5 heteroatoms. The van der Waals surface area contributed by atoms with Crippen LogP contribution >= 0.6 is 0 Å². The van der Waals surface area contributed by atoms with Crippen molar-refractivity contribution in [2.75, 3.05) is 6.61 Å². The molecule has 45 heavy (non-hydrogen) atoms. The number of aliphatic hydroxyl groups excluding tert-OH is 3. The van der Waals surface area contributed by atoms with E-state index < -0.39 is 18.2 Å². The lowest BCUT2D eigenvalue weighted by Crippen LogP contribution is -2.50. The van der Waals surface area contributed by atoms with Crippen LogP contribution in [0.5, 0.6) is 0 Å². The summed E-state index contributed by atoms with van der Waals surface area (Å²) in [5.41, 5.74) is 0. The number of unbranched alkanes of at least 4 members (excludes halogenated alkanes) is 23. The average Bonchev–Trinajstić information content (AvgIpc) is 3.04. The third-order valence-corrected chi connectivity index (χ3v) is 9.04. The maximum Gasteiger partial charge on any atom is 0.220 e. The van der Waals surface area contributed by atoms with Crippen molar-refractivity contribution in [3.05, 3.63) is 24.3 Å². The van der Waals surface area contributed by atoms with Crippen molar-refractivity contribution in [2.24, 2.45) is 0 Å². The van der Waals surface area contributed by atoms with Crippen LogP contribution in [0.4, 0.5) is 0 Å². The molecule has 0 aliphatic carbocycles. The Morgan fingerprint density at radius 3 is 1.36 bits per heavy atom. The minimum Gasteiger partial charge on any atom is -0.394 e. The van der Waals surface area contributed by atoms with Crippen molar-refractivity contribution in [1.29, 1.82) is 0 Å². The summed E-state index contributed by atoms with van der Waals surface area (Å²) in [4.78, 5) is 12.4. The molecule has 0 aromatic heterocycles. The summed E-state index contributed by atoms with van der Waals surface area (Å²) in [7, 11) is 0. The molecule has 0 aliphatic rings. The van der Waals surface area contributed by atoms with E-state index in [0.29, 0.717) is 12.8 Å². The zero-order valence-corrected chi connectivity index (χ0v) is 30.0. The van der Waals surface area contributed by atoms with Gasteiger partial charge in [0.25, 0.3) is 0 Å². The van der Waals surface area contributed by atoms with Gasteiger partial charge in [-0.25, -0.2) is 0 Å². The second-order valence-electron chi connectivity index (χ2n) is 13.5. The van der Waals surface area contributed by atoms with E-state index in [4.69, 9.17) is 0 Å². The van der Waals surface area contributed by atoms with Crippen molar-refractivity contribution in [3.63, 3.8) is 0 Å². The van der Waals surface area contributed by atoms with Gasteiger partial charge in [-0.2, -0.15) is 0 Å². The summed E-state index contributed by atoms with van der Waals surface area (Å²) in [5.74, 6) is -0.158. The molecule has 3 unspecified atom stereocenters. The Morgan fingerprint density at radius 2 is 0.911 bits per heavy atom. The normalized spacial score (nSPS) is 14.0. The fourth-order valence-corrected chi connectivity index (χ4v) is 5.94. The molecule has 0 spiro atoms. The highest BCUT2D eigenvalue weighted by Gasteiger charge is 2.26. The van der Waals surface area contributed by atoms with Gasteiger partial charge in [0.15, 0.2) is 0 Å². The van der Waals surface area contributed by atoms with Gasteiger partial charge in [0.1, 0.15) is 6.10 Å². The van der Waals surface area contributed by atoms with Crippen LogP contribution in [0.15, 0.2) is 24.3 Å². The molecule has 0 bridgehead atoms. The first-order valence-electron chi connectivity index (χ1n) is 19.6. The van der Waals surface area contributed by atoms with Crippen LogP contribution in [0, 0.1) is 0 Å². The number of allylic oxidation sites excluding steroid dienone is 4. The summed E-state index contributed by atoms with van der Waals surface area (Å²) in [6.45, 7) is 4.15. The van der Waals surface area contributed by atoms with Gasteiger partial charge in [0, 0.05) is 6.42 Å². The fraction of sp³-hybridized carbons (Fsp3) is 0.875. The quantitative estimate of drug-likeness (QED) is 0.0412. The Morgan fingerprint density at radius 1 is 0.533 bits per heavy atom. The van der Waals surface area contributed by atoms with Crippen LogP contribution < -0.4 is 5.32 Å². The van der Waals surface area contributed by atoms with E-state index in [2.05, 4.69) is 43.5 Å². The maximum absolute atomic E-state index is 12.4. The predicted octanol–water partition coefficient (Wildman–Crippen LogP) is 10.7. The van der Waals surface area contributed by atoms with Crippen molar-refractivity contribution in [1.82, 2.24) is 5.32 Å². The van der Waals surface area contributed by atoms with Gasteiger partial charge in [-0.15, -0.1) is 0 Å². The van der Waals surface area contributed by atoms with E-state index in [9.17, 15) is 20.1 Å². The SMILES string of the molecule is CCCCCCCC/C=C/CC/C=C/CCCC(O)C(O)C(CO)NC(=O)CCCCCCCCCCCCCCCCCC. The van der Waals surface area contributed by atoms with Crippen LogP contribution in [0.25, 0.3) is 0 Å². The summed E-state index contributed by atoms with van der Waals surface area (Å²) in [5, 5.41) is 33.4. The molecule has 1 amide bonds. The number of rotatable bonds is 35. The summed E-state index contributed by atoms with van der Waals surface area (Å²) >= 11 is 0. The molecule has 0 aliphatic heterocycles. The van der Waals surface area contributed by atoms with Gasteiger partial charge in [-0.1, -0.05) is 167 Å².